The number of hydrogen-bond acceptors (Lipinski definition) is 2. The molecule has 16 heavy (non-hydrogen) atoms. The van der Waals surface area contributed by atoms with Gasteiger partial charge in [0.15, 0.2) is 0 Å². The summed E-state index contributed by atoms with van der Waals surface area (Å²) in [7, 11) is 0. The zero-order valence-corrected chi connectivity index (χ0v) is 10.7. The number of nitrogens with one attached hydrogen (secondary N) is 1. The van der Waals surface area contributed by atoms with Gasteiger partial charge in [-0.25, -0.2) is 8.78 Å². The average molecular weight is 293 g/mol. The minimum atomic E-state index is -2.81. The molecule has 90 valence electrons. The third kappa shape index (κ3) is 3.72. The maximum absolute atomic E-state index is 13.0. The number of alkyl halides is 2. The summed E-state index contributed by atoms with van der Waals surface area (Å²) in [6, 6.07) is 4.51. The average Bonchev–Trinajstić information content (AvgIpc) is 2.19. The first kappa shape index (κ1) is 13.4. The zero-order chi connectivity index (χ0) is 12.2. The monoisotopic (exact) mass is 292 g/mol. The van der Waals surface area contributed by atoms with Crippen LogP contribution in [-0.4, -0.2) is 13.1 Å². The van der Waals surface area contributed by atoms with E-state index < -0.39 is 5.92 Å². The minimum absolute atomic E-state index is 0.00347. The van der Waals surface area contributed by atoms with Gasteiger partial charge in [-0.15, -0.1) is 0 Å². The van der Waals surface area contributed by atoms with E-state index in [1.807, 2.05) is 0 Å². The topological polar surface area (TPSA) is 38.0 Å². The molecule has 5 heteroatoms. The fourth-order valence-electron chi connectivity index (χ4n) is 1.26. The fourth-order valence-corrected chi connectivity index (χ4v) is 1.78. The fraction of sp³-hybridized carbons (Fsp3) is 0.455. The highest BCUT2D eigenvalue weighted by Crippen LogP contribution is 2.32. The van der Waals surface area contributed by atoms with Crippen LogP contribution in [0.1, 0.15) is 18.9 Å². The molecule has 3 N–H and O–H groups in total. The van der Waals surface area contributed by atoms with Crippen molar-refractivity contribution >= 4 is 21.6 Å². The molecule has 0 saturated carbocycles. The van der Waals surface area contributed by atoms with E-state index >= 15 is 0 Å². The molecular formula is C11H15BrF2N2. The van der Waals surface area contributed by atoms with E-state index in [2.05, 4.69) is 21.2 Å². The van der Waals surface area contributed by atoms with Gasteiger partial charge < -0.3 is 11.1 Å². The molecule has 0 aliphatic heterocycles. The van der Waals surface area contributed by atoms with Crippen LogP contribution in [-0.2, 0) is 5.92 Å². The van der Waals surface area contributed by atoms with Crippen molar-refractivity contribution in [2.45, 2.75) is 19.3 Å². The molecule has 0 atom stereocenters. The lowest BCUT2D eigenvalue weighted by atomic mass is 10.1. The number of hydrogen-bond donors (Lipinski definition) is 2. The molecule has 0 radical (unpaired) electrons. The highest BCUT2D eigenvalue weighted by atomic mass is 79.9. The summed E-state index contributed by atoms with van der Waals surface area (Å²) in [5.41, 5.74) is 6.17. The van der Waals surface area contributed by atoms with Gasteiger partial charge in [-0.05, 0) is 41.0 Å². The molecular weight excluding hydrogens is 278 g/mol. The van der Waals surface area contributed by atoms with Gasteiger partial charge in [0.05, 0.1) is 0 Å². The summed E-state index contributed by atoms with van der Waals surface area (Å²) in [4.78, 5) is 0. The van der Waals surface area contributed by atoms with Crippen LogP contribution in [0.3, 0.4) is 0 Å². The summed E-state index contributed by atoms with van der Waals surface area (Å²) in [5, 5.41) is 3.12. The number of nitrogens with two attached hydrogens (primary N) is 1. The molecule has 1 rings (SSSR count). The second-order valence-corrected chi connectivity index (χ2v) is 4.51. The Balaban J connectivity index is 2.76. The standard InChI is InChI=1S/C11H15BrF2N2/c1-11(13,14)8-3-4-10(9(12)7-8)16-6-2-5-15/h3-4,7,16H,2,5-6,15H2,1H3. The van der Waals surface area contributed by atoms with Gasteiger partial charge in [0.1, 0.15) is 0 Å². The van der Waals surface area contributed by atoms with Gasteiger partial charge in [0.2, 0.25) is 0 Å². The Morgan fingerprint density at radius 2 is 2.12 bits per heavy atom. The van der Waals surface area contributed by atoms with E-state index in [1.165, 1.54) is 12.1 Å². The smallest absolute Gasteiger partial charge is 0.270 e. The molecule has 0 saturated heterocycles. The van der Waals surface area contributed by atoms with Gasteiger partial charge in [-0.2, -0.15) is 0 Å². The number of rotatable bonds is 5. The lowest BCUT2D eigenvalue weighted by Gasteiger charge is -2.13. The normalized spacial score (nSPS) is 11.6. The van der Waals surface area contributed by atoms with Crippen molar-refractivity contribution in [3.8, 4) is 0 Å². The van der Waals surface area contributed by atoms with Gasteiger partial charge >= 0.3 is 0 Å². The van der Waals surface area contributed by atoms with E-state index in [-0.39, 0.29) is 5.56 Å². The van der Waals surface area contributed by atoms with Crippen molar-refractivity contribution < 1.29 is 8.78 Å². The Morgan fingerprint density at radius 3 is 2.62 bits per heavy atom. The maximum atomic E-state index is 13.0. The Kier molecular flexibility index (Phi) is 4.68. The third-order valence-corrected chi connectivity index (χ3v) is 2.83. The predicted molar refractivity (Wildman–Crippen MR) is 65.9 cm³/mol. The molecule has 0 amide bonds. The van der Waals surface area contributed by atoms with Crippen LogP contribution in [0, 0.1) is 0 Å². The van der Waals surface area contributed by atoms with Crippen molar-refractivity contribution in [2.24, 2.45) is 5.73 Å². The molecule has 0 unspecified atom stereocenters. The molecule has 0 heterocycles. The van der Waals surface area contributed by atoms with E-state index in [0.29, 0.717) is 11.0 Å². The lowest BCUT2D eigenvalue weighted by molar-refractivity contribution is 0.0174. The summed E-state index contributed by atoms with van der Waals surface area (Å²) in [6.07, 6.45) is 0.845. The molecule has 1 aromatic carbocycles. The highest BCUT2D eigenvalue weighted by molar-refractivity contribution is 9.10. The Bertz CT molecular complexity index is 350. The van der Waals surface area contributed by atoms with Crippen molar-refractivity contribution in [3.63, 3.8) is 0 Å². The first-order valence-corrected chi connectivity index (χ1v) is 5.86. The molecule has 0 aliphatic carbocycles. The summed E-state index contributed by atoms with van der Waals surface area (Å²) >= 11 is 3.26. The van der Waals surface area contributed by atoms with Crippen LogP contribution in [0.25, 0.3) is 0 Å². The number of anilines is 1. The second kappa shape index (κ2) is 5.59. The third-order valence-electron chi connectivity index (χ3n) is 2.17. The van der Waals surface area contributed by atoms with Crippen molar-refractivity contribution in [1.82, 2.24) is 0 Å². The highest BCUT2D eigenvalue weighted by Gasteiger charge is 2.24. The summed E-state index contributed by atoms with van der Waals surface area (Å²) < 4.78 is 26.7. The zero-order valence-electron chi connectivity index (χ0n) is 9.06. The lowest BCUT2D eigenvalue weighted by Crippen LogP contribution is -2.10. The van der Waals surface area contributed by atoms with Gasteiger partial charge in [-0.3, -0.25) is 0 Å². The van der Waals surface area contributed by atoms with Crippen LogP contribution < -0.4 is 11.1 Å². The summed E-state index contributed by atoms with van der Waals surface area (Å²) in [5.74, 6) is -2.81. The number of halogens is 3. The molecule has 0 bridgehead atoms. The van der Waals surface area contributed by atoms with Crippen LogP contribution in [0.4, 0.5) is 14.5 Å². The Hall–Kier alpha value is -0.680. The number of benzene rings is 1. The van der Waals surface area contributed by atoms with Gasteiger partial charge in [0, 0.05) is 29.2 Å². The largest absolute Gasteiger partial charge is 0.384 e. The van der Waals surface area contributed by atoms with Crippen LogP contribution in [0.5, 0.6) is 0 Å². The molecule has 0 aromatic heterocycles. The minimum Gasteiger partial charge on any atom is -0.384 e. The van der Waals surface area contributed by atoms with E-state index in [1.54, 1.807) is 6.07 Å². The quantitative estimate of drug-likeness (QED) is 0.817. The molecule has 1 aromatic rings. The summed E-state index contributed by atoms with van der Waals surface area (Å²) in [6.45, 7) is 2.23. The van der Waals surface area contributed by atoms with Crippen LogP contribution >= 0.6 is 15.9 Å². The van der Waals surface area contributed by atoms with E-state index in [0.717, 1.165) is 25.6 Å². The Morgan fingerprint density at radius 1 is 1.44 bits per heavy atom. The maximum Gasteiger partial charge on any atom is 0.270 e. The van der Waals surface area contributed by atoms with Crippen molar-refractivity contribution in [3.05, 3.63) is 28.2 Å². The van der Waals surface area contributed by atoms with E-state index in [4.69, 9.17) is 5.73 Å². The van der Waals surface area contributed by atoms with Gasteiger partial charge in [-0.1, -0.05) is 6.07 Å². The van der Waals surface area contributed by atoms with Crippen molar-refractivity contribution in [2.75, 3.05) is 18.4 Å². The Labute approximate surface area is 102 Å². The molecule has 0 aliphatic rings. The SMILES string of the molecule is CC(F)(F)c1ccc(NCCCN)c(Br)c1. The molecule has 2 nitrogen and oxygen atoms in total. The van der Waals surface area contributed by atoms with Gasteiger partial charge in [0.25, 0.3) is 5.92 Å². The van der Waals surface area contributed by atoms with Crippen LogP contribution in [0.15, 0.2) is 22.7 Å². The van der Waals surface area contributed by atoms with E-state index in [9.17, 15) is 8.78 Å². The van der Waals surface area contributed by atoms with Crippen LogP contribution in [0.2, 0.25) is 0 Å². The second-order valence-electron chi connectivity index (χ2n) is 3.65. The first-order valence-electron chi connectivity index (χ1n) is 5.07. The molecule has 0 fully saturated rings. The first-order chi connectivity index (χ1) is 7.45. The molecule has 0 spiro atoms. The van der Waals surface area contributed by atoms with Crippen molar-refractivity contribution in [1.29, 1.82) is 0 Å². The predicted octanol–water partition coefficient (Wildman–Crippen LogP) is 3.32.